The van der Waals surface area contributed by atoms with E-state index in [1.165, 1.54) is 16.6 Å². The number of aromatic nitrogens is 1. The largest absolute Gasteiger partial charge is 0.371 e. The van der Waals surface area contributed by atoms with E-state index in [1.54, 1.807) is 0 Å². The molecule has 0 radical (unpaired) electrons. The Kier molecular flexibility index (Phi) is 4.27. The van der Waals surface area contributed by atoms with Gasteiger partial charge in [-0.3, -0.25) is 9.78 Å². The Bertz CT molecular complexity index is 988. The highest BCUT2D eigenvalue weighted by Gasteiger charge is 2.44. The maximum atomic E-state index is 12.7. The molecule has 4 heteroatoms. The summed E-state index contributed by atoms with van der Waals surface area (Å²) in [5.74, 6) is 0.312. The first-order valence-electron chi connectivity index (χ1n) is 10.1. The molecule has 4 nitrogen and oxygen atoms in total. The Labute approximate surface area is 165 Å². The van der Waals surface area contributed by atoms with Crippen LogP contribution in [-0.4, -0.2) is 35.4 Å². The second kappa shape index (κ2) is 6.93. The van der Waals surface area contributed by atoms with Gasteiger partial charge in [-0.25, -0.2) is 0 Å². The molecule has 0 bridgehead atoms. The van der Waals surface area contributed by atoms with Gasteiger partial charge in [-0.2, -0.15) is 0 Å². The molecule has 1 amide bonds. The summed E-state index contributed by atoms with van der Waals surface area (Å²) < 4.78 is 0. The predicted molar refractivity (Wildman–Crippen MR) is 112 cm³/mol. The van der Waals surface area contributed by atoms with Crippen molar-refractivity contribution in [2.24, 2.45) is 5.41 Å². The maximum absolute atomic E-state index is 12.7. The van der Waals surface area contributed by atoms with Crippen molar-refractivity contribution in [3.8, 4) is 0 Å². The first-order chi connectivity index (χ1) is 13.7. The highest BCUT2D eigenvalue weighted by molar-refractivity contribution is 5.91. The fraction of sp³-hybridized carbons (Fsp3) is 0.333. The van der Waals surface area contributed by atoms with Crippen LogP contribution >= 0.6 is 0 Å². The molecule has 3 aromatic rings. The van der Waals surface area contributed by atoms with E-state index < -0.39 is 0 Å². The molecule has 1 aromatic heterocycles. The third kappa shape index (κ3) is 3.13. The standard InChI is InChI=1S/C24H25N3O/c28-23-16-24(18-27(23)17-19-6-2-1-3-7-19)11-14-26(15-12-24)22-10-13-25-21-9-5-4-8-20(21)22/h1-10,13H,11-12,14-18H2. The fourth-order valence-electron chi connectivity index (χ4n) is 4.84. The minimum Gasteiger partial charge on any atom is -0.371 e. The third-order valence-electron chi connectivity index (χ3n) is 6.41. The summed E-state index contributed by atoms with van der Waals surface area (Å²) in [4.78, 5) is 21.7. The number of hydrogen-bond donors (Lipinski definition) is 0. The minimum atomic E-state index is 0.144. The molecule has 0 aliphatic carbocycles. The molecule has 3 heterocycles. The molecular formula is C24H25N3O. The van der Waals surface area contributed by atoms with Crippen molar-refractivity contribution in [2.75, 3.05) is 24.5 Å². The molecule has 2 aliphatic heterocycles. The molecule has 2 aromatic carbocycles. The normalized spacial score (nSPS) is 18.9. The van der Waals surface area contributed by atoms with E-state index >= 15 is 0 Å². The molecule has 2 aliphatic rings. The third-order valence-corrected chi connectivity index (χ3v) is 6.41. The van der Waals surface area contributed by atoms with Gasteiger partial charge in [0.15, 0.2) is 0 Å². The van der Waals surface area contributed by atoms with Crippen LogP contribution in [0.15, 0.2) is 66.9 Å². The van der Waals surface area contributed by atoms with E-state index in [9.17, 15) is 4.79 Å². The smallest absolute Gasteiger partial charge is 0.223 e. The van der Waals surface area contributed by atoms with E-state index in [1.807, 2.05) is 30.5 Å². The Morgan fingerprint density at radius 3 is 2.50 bits per heavy atom. The summed E-state index contributed by atoms with van der Waals surface area (Å²) in [6, 6.07) is 20.8. The zero-order chi connectivity index (χ0) is 19.0. The predicted octanol–water partition coefficient (Wildman–Crippen LogP) is 4.25. The van der Waals surface area contributed by atoms with Gasteiger partial charge in [0.2, 0.25) is 5.91 Å². The van der Waals surface area contributed by atoms with Crippen molar-refractivity contribution >= 4 is 22.5 Å². The number of hydrogen-bond acceptors (Lipinski definition) is 3. The number of likely N-dealkylation sites (tertiary alicyclic amines) is 1. The quantitative estimate of drug-likeness (QED) is 0.690. The van der Waals surface area contributed by atoms with Gasteiger partial charge in [0.1, 0.15) is 0 Å². The van der Waals surface area contributed by atoms with Gasteiger partial charge < -0.3 is 9.80 Å². The van der Waals surface area contributed by atoms with Gasteiger partial charge in [0.25, 0.3) is 0 Å². The van der Waals surface area contributed by atoms with E-state index in [-0.39, 0.29) is 5.41 Å². The Morgan fingerprint density at radius 1 is 0.929 bits per heavy atom. The van der Waals surface area contributed by atoms with Crippen LogP contribution in [0.3, 0.4) is 0 Å². The number of nitrogens with zero attached hydrogens (tertiary/aromatic N) is 3. The number of rotatable bonds is 3. The minimum absolute atomic E-state index is 0.144. The molecule has 2 saturated heterocycles. The summed E-state index contributed by atoms with van der Waals surface area (Å²) in [6.07, 6.45) is 4.74. The summed E-state index contributed by atoms with van der Waals surface area (Å²) in [7, 11) is 0. The van der Waals surface area contributed by atoms with Gasteiger partial charge >= 0.3 is 0 Å². The highest BCUT2D eigenvalue weighted by Crippen LogP contribution is 2.43. The number of carbonyl (C=O) groups is 1. The number of pyridine rings is 1. The molecule has 0 N–H and O–H groups in total. The van der Waals surface area contributed by atoms with Gasteiger partial charge in [-0.1, -0.05) is 48.5 Å². The van der Waals surface area contributed by atoms with Crippen LogP contribution < -0.4 is 4.90 Å². The molecule has 142 valence electrons. The lowest BCUT2D eigenvalue weighted by atomic mass is 9.77. The molecule has 2 fully saturated rings. The number of amides is 1. The summed E-state index contributed by atoms with van der Waals surface area (Å²) in [5.41, 5.74) is 3.68. The van der Waals surface area contributed by atoms with Crippen molar-refractivity contribution in [2.45, 2.75) is 25.8 Å². The van der Waals surface area contributed by atoms with E-state index in [4.69, 9.17) is 0 Å². The lowest BCUT2D eigenvalue weighted by Gasteiger charge is -2.40. The lowest BCUT2D eigenvalue weighted by molar-refractivity contribution is -0.128. The number of para-hydroxylation sites is 1. The lowest BCUT2D eigenvalue weighted by Crippen LogP contribution is -2.41. The first kappa shape index (κ1) is 17.2. The summed E-state index contributed by atoms with van der Waals surface area (Å²) in [6.45, 7) is 3.63. The number of benzene rings is 2. The molecule has 5 rings (SSSR count). The van der Waals surface area contributed by atoms with E-state index in [2.05, 4.69) is 51.2 Å². The number of carbonyl (C=O) groups excluding carboxylic acids is 1. The van der Waals surface area contributed by atoms with Crippen molar-refractivity contribution in [3.05, 3.63) is 72.4 Å². The molecule has 0 atom stereocenters. The van der Waals surface area contributed by atoms with E-state index in [0.29, 0.717) is 12.3 Å². The van der Waals surface area contributed by atoms with Gasteiger partial charge in [0, 0.05) is 55.3 Å². The van der Waals surface area contributed by atoms with Crippen molar-refractivity contribution in [1.82, 2.24) is 9.88 Å². The zero-order valence-electron chi connectivity index (χ0n) is 16.1. The molecular weight excluding hydrogens is 346 g/mol. The Hall–Kier alpha value is -2.88. The topological polar surface area (TPSA) is 36.4 Å². The van der Waals surface area contributed by atoms with Gasteiger partial charge in [0.05, 0.1) is 5.52 Å². The Morgan fingerprint density at radius 2 is 1.68 bits per heavy atom. The zero-order valence-corrected chi connectivity index (χ0v) is 16.1. The second-order valence-corrected chi connectivity index (χ2v) is 8.25. The number of anilines is 1. The van der Waals surface area contributed by atoms with Crippen molar-refractivity contribution in [1.29, 1.82) is 0 Å². The highest BCUT2D eigenvalue weighted by atomic mass is 16.2. The van der Waals surface area contributed by atoms with Gasteiger partial charge in [-0.05, 0) is 30.5 Å². The van der Waals surface area contributed by atoms with Gasteiger partial charge in [-0.15, -0.1) is 0 Å². The number of fused-ring (bicyclic) bond motifs is 1. The molecule has 0 saturated carbocycles. The van der Waals surface area contributed by atoms with Crippen LogP contribution in [-0.2, 0) is 11.3 Å². The van der Waals surface area contributed by atoms with Crippen LogP contribution in [0.5, 0.6) is 0 Å². The van der Waals surface area contributed by atoms with Crippen LogP contribution in [0.1, 0.15) is 24.8 Å². The molecule has 0 unspecified atom stereocenters. The monoisotopic (exact) mass is 371 g/mol. The van der Waals surface area contributed by atoms with Crippen LogP contribution in [0.4, 0.5) is 5.69 Å². The van der Waals surface area contributed by atoms with Crippen LogP contribution in [0, 0.1) is 5.41 Å². The second-order valence-electron chi connectivity index (χ2n) is 8.25. The Balaban J connectivity index is 1.30. The first-order valence-corrected chi connectivity index (χ1v) is 10.1. The van der Waals surface area contributed by atoms with Crippen molar-refractivity contribution < 1.29 is 4.79 Å². The summed E-state index contributed by atoms with van der Waals surface area (Å²) in [5, 5.41) is 1.22. The van der Waals surface area contributed by atoms with E-state index in [0.717, 1.165) is 44.5 Å². The van der Waals surface area contributed by atoms with Crippen molar-refractivity contribution in [3.63, 3.8) is 0 Å². The number of piperidine rings is 1. The summed E-state index contributed by atoms with van der Waals surface area (Å²) >= 11 is 0. The van der Waals surface area contributed by atoms with Crippen LogP contribution in [0.2, 0.25) is 0 Å². The SMILES string of the molecule is O=C1CC2(CCN(c3ccnc4ccccc34)CC2)CN1Cc1ccccc1. The molecule has 1 spiro atoms. The molecule has 28 heavy (non-hydrogen) atoms. The average molecular weight is 371 g/mol. The van der Waals surface area contributed by atoms with Crippen LogP contribution in [0.25, 0.3) is 10.9 Å². The maximum Gasteiger partial charge on any atom is 0.223 e. The average Bonchev–Trinajstić information content (AvgIpc) is 3.03. The fourth-order valence-corrected chi connectivity index (χ4v) is 4.84.